The molecule has 72 valence electrons. The molecule has 0 amide bonds. The number of nitrogens with one attached hydrogen (secondary N) is 1. The summed E-state index contributed by atoms with van der Waals surface area (Å²) in [7, 11) is 3.92. The Bertz CT molecular complexity index is 244. The number of aryl methyl sites for hydroxylation is 1. The molecule has 0 fully saturated rings. The van der Waals surface area contributed by atoms with Gasteiger partial charge in [0.1, 0.15) is 0 Å². The number of anilines is 1. The van der Waals surface area contributed by atoms with Crippen LogP contribution in [0.5, 0.6) is 0 Å². The van der Waals surface area contributed by atoms with Crippen molar-refractivity contribution in [2.45, 2.75) is 6.92 Å². The summed E-state index contributed by atoms with van der Waals surface area (Å²) in [6.45, 7) is 3.84. The Balaban J connectivity index is 2.55. The lowest BCUT2D eigenvalue weighted by Gasteiger charge is -2.16. The Kier molecular flexibility index (Phi) is 3.64. The van der Waals surface area contributed by atoms with Crippen molar-refractivity contribution in [3.63, 3.8) is 0 Å². The number of rotatable bonds is 4. The highest BCUT2D eigenvalue weighted by Crippen LogP contribution is 2.02. The van der Waals surface area contributed by atoms with Crippen molar-refractivity contribution in [1.29, 1.82) is 0 Å². The maximum absolute atomic E-state index is 4.22. The normalized spacial score (nSPS) is 10.1. The second kappa shape index (κ2) is 4.77. The minimum absolute atomic E-state index is 0.779. The predicted octanol–water partition coefficient (Wildman–Crippen LogP) is 0.441. The van der Waals surface area contributed by atoms with Crippen LogP contribution in [0.15, 0.2) is 12.4 Å². The molecule has 0 aliphatic rings. The summed E-state index contributed by atoms with van der Waals surface area (Å²) >= 11 is 0. The second-order valence-electron chi connectivity index (χ2n) is 3.09. The molecule has 4 heteroatoms. The van der Waals surface area contributed by atoms with Crippen LogP contribution in [0.2, 0.25) is 0 Å². The summed E-state index contributed by atoms with van der Waals surface area (Å²) < 4.78 is 0. The van der Waals surface area contributed by atoms with Gasteiger partial charge in [0, 0.05) is 32.5 Å². The SMILES string of the molecule is CNCCN(C)c1ncc(C)cn1. The monoisotopic (exact) mass is 180 g/mol. The molecule has 0 saturated carbocycles. The molecule has 0 atom stereocenters. The van der Waals surface area contributed by atoms with Crippen LogP contribution in [0.1, 0.15) is 5.56 Å². The van der Waals surface area contributed by atoms with E-state index in [2.05, 4.69) is 15.3 Å². The molecule has 1 N–H and O–H groups in total. The molecule has 1 aromatic rings. The van der Waals surface area contributed by atoms with Crippen molar-refractivity contribution < 1.29 is 0 Å². The molecule has 4 nitrogen and oxygen atoms in total. The number of hydrogen-bond donors (Lipinski definition) is 1. The zero-order valence-corrected chi connectivity index (χ0v) is 8.41. The molecule has 0 aromatic carbocycles. The number of hydrogen-bond acceptors (Lipinski definition) is 4. The number of likely N-dealkylation sites (N-methyl/N-ethyl adjacent to an activating group) is 2. The quantitative estimate of drug-likeness (QED) is 0.730. The topological polar surface area (TPSA) is 41.0 Å². The van der Waals surface area contributed by atoms with Crippen LogP contribution in [0.25, 0.3) is 0 Å². The van der Waals surface area contributed by atoms with Gasteiger partial charge in [-0.25, -0.2) is 9.97 Å². The third-order valence-electron chi connectivity index (χ3n) is 1.81. The standard InChI is InChI=1S/C9H16N4/c1-8-6-11-9(12-7-8)13(3)5-4-10-2/h6-7,10H,4-5H2,1-3H3. The second-order valence-corrected chi connectivity index (χ2v) is 3.09. The third kappa shape index (κ3) is 2.99. The lowest BCUT2D eigenvalue weighted by Crippen LogP contribution is -2.28. The van der Waals surface area contributed by atoms with Gasteiger partial charge in [-0.1, -0.05) is 0 Å². The minimum atomic E-state index is 0.779. The Morgan fingerprint density at radius 2 is 2.00 bits per heavy atom. The molecular weight excluding hydrogens is 164 g/mol. The van der Waals surface area contributed by atoms with Crippen LogP contribution in [0.3, 0.4) is 0 Å². The molecule has 0 radical (unpaired) electrons. The van der Waals surface area contributed by atoms with Crippen molar-refractivity contribution in [2.75, 3.05) is 32.1 Å². The molecule has 0 saturated heterocycles. The summed E-state index contributed by atoms with van der Waals surface area (Å²) in [5.41, 5.74) is 1.09. The van der Waals surface area contributed by atoms with Gasteiger partial charge in [0.05, 0.1) is 0 Å². The number of aromatic nitrogens is 2. The largest absolute Gasteiger partial charge is 0.343 e. The molecule has 0 bridgehead atoms. The van der Waals surface area contributed by atoms with Crippen molar-refractivity contribution in [3.05, 3.63) is 18.0 Å². The first kappa shape index (κ1) is 9.92. The van der Waals surface area contributed by atoms with Gasteiger partial charge in [-0.15, -0.1) is 0 Å². The van der Waals surface area contributed by atoms with Gasteiger partial charge in [-0.05, 0) is 19.5 Å². The molecule has 1 aromatic heterocycles. The molecule has 0 aliphatic heterocycles. The molecule has 1 rings (SSSR count). The van der Waals surface area contributed by atoms with Gasteiger partial charge in [-0.3, -0.25) is 0 Å². The highest BCUT2D eigenvalue weighted by Gasteiger charge is 2.01. The highest BCUT2D eigenvalue weighted by atomic mass is 15.2. The first-order valence-electron chi connectivity index (χ1n) is 4.38. The minimum Gasteiger partial charge on any atom is -0.343 e. The lowest BCUT2D eigenvalue weighted by molar-refractivity contribution is 0.752. The first-order chi connectivity index (χ1) is 6.24. The van der Waals surface area contributed by atoms with Crippen molar-refractivity contribution in [3.8, 4) is 0 Å². The smallest absolute Gasteiger partial charge is 0.225 e. The van der Waals surface area contributed by atoms with E-state index in [0.717, 1.165) is 24.6 Å². The van der Waals surface area contributed by atoms with E-state index in [1.54, 1.807) is 0 Å². The van der Waals surface area contributed by atoms with Gasteiger partial charge in [0.25, 0.3) is 0 Å². The van der Waals surface area contributed by atoms with Crippen molar-refractivity contribution in [2.24, 2.45) is 0 Å². The Hall–Kier alpha value is -1.16. The van der Waals surface area contributed by atoms with E-state index in [4.69, 9.17) is 0 Å². The average Bonchev–Trinajstić information content (AvgIpc) is 2.15. The van der Waals surface area contributed by atoms with Gasteiger partial charge in [0.15, 0.2) is 0 Å². The third-order valence-corrected chi connectivity index (χ3v) is 1.81. The molecule has 13 heavy (non-hydrogen) atoms. The summed E-state index contributed by atoms with van der Waals surface area (Å²) in [6, 6.07) is 0. The maximum atomic E-state index is 4.22. The van der Waals surface area contributed by atoms with Gasteiger partial charge in [-0.2, -0.15) is 0 Å². The van der Waals surface area contributed by atoms with E-state index >= 15 is 0 Å². The molecule has 0 unspecified atom stereocenters. The number of nitrogens with zero attached hydrogens (tertiary/aromatic N) is 3. The Labute approximate surface area is 79.0 Å². The van der Waals surface area contributed by atoms with E-state index in [9.17, 15) is 0 Å². The van der Waals surface area contributed by atoms with Crippen LogP contribution in [-0.4, -0.2) is 37.2 Å². The van der Waals surface area contributed by atoms with Crippen LogP contribution < -0.4 is 10.2 Å². The van der Waals surface area contributed by atoms with Crippen LogP contribution >= 0.6 is 0 Å². The summed E-state index contributed by atoms with van der Waals surface area (Å²) in [6.07, 6.45) is 3.66. The Morgan fingerprint density at radius 3 is 2.54 bits per heavy atom. The average molecular weight is 180 g/mol. The van der Waals surface area contributed by atoms with Crippen molar-refractivity contribution in [1.82, 2.24) is 15.3 Å². The lowest BCUT2D eigenvalue weighted by atomic mass is 10.4. The van der Waals surface area contributed by atoms with E-state index < -0.39 is 0 Å². The van der Waals surface area contributed by atoms with Gasteiger partial charge < -0.3 is 10.2 Å². The Morgan fingerprint density at radius 1 is 1.38 bits per heavy atom. The molecular formula is C9H16N4. The van der Waals surface area contributed by atoms with E-state index in [-0.39, 0.29) is 0 Å². The van der Waals surface area contributed by atoms with Crippen molar-refractivity contribution >= 4 is 5.95 Å². The van der Waals surface area contributed by atoms with Crippen LogP contribution in [0.4, 0.5) is 5.95 Å². The fraction of sp³-hybridized carbons (Fsp3) is 0.556. The fourth-order valence-electron chi connectivity index (χ4n) is 0.962. The van der Waals surface area contributed by atoms with Crippen LogP contribution in [-0.2, 0) is 0 Å². The fourth-order valence-corrected chi connectivity index (χ4v) is 0.962. The molecule has 0 spiro atoms. The zero-order valence-electron chi connectivity index (χ0n) is 8.41. The zero-order chi connectivity index (χ0) is 9.68. The van der Waals surface area contributed by atoms with E-state index in [0.29, 0.717) is 0 Å². The van der Waals surface area contributed by atoms with E-state index in [1.165, 1.54) is 0 Å². The van der Waals surface area contributed by atoms with E-state index in [1.807, 2.05) is 38.3 Å². The summed E-state index contributed by atoms with van der Waals surface area (Å²) in [4.78, 5) is 10.5. The molecule has 0 aliphatic carbocycles. The summed E-state index contributed by atoms with van der Waals surface area (Å²) in [5.74, 6) is 0.779. The highest BCUT2D eigenvalue weighted by molar-refractivity contribution is 5.27. The molecule has 1 heterocycles. The van der Waals surface area contributed by atoms with Gasteiger partial charge >= 0.3 is 0 Å². The summed E-state index contributed by atoms with van der Waals surface area (Å²) in [5, 5.41) is 3.08. The first-order valence-corrected chi connectivity index (χ1v) is 4.38. The predicted molar refractivity (Wildman–Crippen MR) is 54.0 cm³/mol. The van der Waals surface area contributed by atoms with Gasteiger partial charge in [0.2, 0.25) is 5.95 Å². The maximum Gasteiger partial charge on any atom is 0.225 e. The van der Waals surface area contributed by atoms with Crippen LogP contribution in [0, 0.1) is 6.92 Å².